The molecule has 2 atom stereocenters. The Balaban J connectivity index is 1.99. The predicted octanol–water partition coefficient (Wildman–Crippen LogP) is 1.76. The zero-order chi connectivity index (χ0) is 13.2. The first-order chi connectivity index (χ1) is 9.27. The monoisotopic (exact) mass is 259 g/mol. The van der Waals surface area contributed by atoms with E-state index in [9.17, 15) is 0 Å². The van der Waals surface area contributed by atoms with E-state index in [0.29, 0.717) is 0 Å². The number of morpholine rings is 1. The highest BCUT2D eigenvalue weighted by atomic mass is 16.5. The number of likely N-dealkylation sites (N-methyl/N-ethyl adjacent to an activating group) is 1. The van der Waals surface area contributed by atoms with Gasteiger partial charge in [0.1, 0.15) is 0 Å². The van der Waals surface area contributed by atoms with Gasteiger partial charge in [0.05, 0.1) is 18.8 Å². The van der Waals surface area contributed by atoms with Crippen LogP contribution in [-0.2, 0) is 4.74 Å². The van der Waals surface area contributed by atoms with Crippen molar-refractivity contribution in [2.75, 3.05) is 33.8 Å². The van der Waals surface area contributed by atoms with Crippen molar-refractivity contribution in [1.82, 2.24) is 15.2 Å². The van der Waals surface area contributed by atoms with Crippen LogP contribution in [0.1, 0.15) is 11.6 Å². The number of fused-ring (bicyclic) bond motifs is 1. The molecular weight excluding hydrogens is 238 g/mol. The standard InChI is InChI=1S/C15H21N3O/c1-18(2)15(14-10-16-7-8-19-14)12-9-17-13-6-4-3-5-11(12)13/h3-6,9,14-17H,7-8,10H2,1-2H3. The van der Waals surface area contributed by atoms with E-state index in [1.807, 2.05) is 0 Å². The molecule has 3 rings (SSSR count). The number of hydrogen-bond acceptors (Lipinski definition) is 3. The lowest BCUT2D eigenvalue weighted by atomic mass is 9.99. The predicted molar refractivity (Wildman–Crippen MR) is 77.3 cm³/mol. The van der Waals surface area contributed by atoms with E-state index in [1.165, 1.54) is 16.5 Å². The number of H-pyrrole nitrogens is 1. The second-order valence-corrected chi connectivity index (χ2v) is 5.31. The number of aromatic amines is 1. The van der Waals surface area contributed by atoms with Crippen LogP contribution in [-0.4, -0.2) is 49.8 Å². The molecule has 2 aromatic rings. The summed E-state index contributed by atoms with van der Waals surface area (Å²) in [5, 5.41) is 4.71. The van der Waals surface area contributed by atoms with Gasteiger partial charge in [0.15, 0.2) is 0 Å². The Morgan fingerprint density at radius 3 is 2.89 bits per heavy atom. The molecule has 2 heterocycles. The van der Waals surface area contributed by atoms with Gasteiger partial charge >= 0.3 is 0 Å². The molecule has 1 fully saturated rings. The Morgan fingerprint density at radius 2 is 2.16 bits per heavy atom. The minimum absolute atomic E-state index is 0.197. The summed E-state index contributed by atoms with van der Waals surface area (Å²) in [4.78, 5) is 5.60. The van der Waals surface area contributed by atoms with Crippen molar-refractivity contribution < 1.29 is 4.74 Å². The van der Waals surface area contributed by atoms with Gasteiger partial charge < -0.3 is 15.0 Å². The first kappa shape index (κ1) is 12.7. The molecule has 0 amide bonds. The second kappa shape index (κ2) is 5.33. The van der Waals surface area contributed by atoms with Crippen LogP contribution in [0.5, 0.6) is 0 Å². The molecule has 0 aliphatic carbocycles. The quantitative estimate of drug-likeness (QED) is 0.882. The number of nitrogens with one attached hydrogen (secondary N) is 2. The largest absolute Gasteiger partial charge is 0.374 e. The fourth-order valence-corrected chi connectivity index (χ4v) is 2.94. The zero-order valence-electron chi connectivity index (χ0n) is 11.5. The number of hydrogen-bond donors (Lipinski definition) is 2. The van der Waals surface area contributed by atoms with Crippen molar-refractivity contribution in [2.45, 2.75) is 12.1 Å². The van der Waals surface area contributed by atoms with Crippen LogP contribution in [0, 0.1) is 0 Å². The maximum atomic E-state index is 5.96. The van der Waals surface area contributed by atoms with Crippen LogP contribution in [0.4, 0.5) is 0 Å². The van der Waals surface area contributed by atoms with Crippen molar-refractivity contribution in [1.29, 1.82) is 0 Å². The highest BCUT2D eigenvalue weighted by molar-refractivity contribution is 5.83. The summed E-state index contributed by atoms with van der Waals surface area (Å²) in [7, 11) is 4.23. The van der Waals surface area contributed by atoms with Crippen molar-refractivity contribution >= 4 is 10.9 Å². The van der Waals surface area contributed by atoms with Crippen molar-refractivity contribution in [3.8, 4) is 0 Å². The van der Waals surface area contributed by atoms with E-state index < -0.39 is 0 Å². The summed E-state index contributed by atoms with van der Waals surface area (Å²) in [5.74, 6) is 0. The van der Waals surface area contributed by atoms with Crippen LogP contribution in [0.15, 0.2) is 30.5 Å². The van der Waals surface area contributed by atoms with E-state index in [4.69, 9.17) is 4.74 Å². The van der Waals surface area contributed by atoms with E-state index in [1.54, 1.807) is 0 Å². The van der Waals surface area contributed by atoms with Gasteiger partial charge in [-0.25, -0.2) is 0 Å². The topological polar surface area (TPSA) is 40.3 Å². The third-order valence-corrected chi connectivity index (χ3v) is 3.80. The molecule has 1 aromatic heterocycles. The van der Waals surface area contributed by atoms with E-state index >= 15 is 0 Å². The van der Waals surface area contributed by atoms with E-state index in [-0.39, 0.29) is 12.1 Å². The number of nitrogens with zero attached hydrogens (tertiary/aromatic N) is 1. The maximum absolute atomic E-state index is 5.96. The van der Waals surface area contributed by atoms with Gasteiger partial charge in [0.25, 0.3) is 0 Å². The van der Waals surface area contributed by atoms with E-state index in [2.05, 4.69) is 59.8 Å². The molecule has 1 aromatic carbocycles. The highest BCUT2D eigenvalue weighted by Gasteiger charge is 2.29. The van der Waals surface area contributed by atoms with Crippen molar-refractivity contribution in [3.05, 3.63) is 36.0 Å². The number of aromatic nitrogens is 1. The molecule has 0 spiro atoms. The molecule has 102 valence electrons. The Morgan fingerprint density at radius 1 is 1.32 bits per heavy atom. The average Bonchev–Trinajstić information content (AvgIpc) is 2.84. The summed E-state index contributed by atoms with van der Waals surface area (Å²) in [6.45, 7) is 2.64. The molecule has 0 radical (unpaired) electrons. The van der Waals surface area contributed by atoms with E-state index in [0.717, 1.165) is 19.7 Å². The first-order valence-corrected chi connectivity index (χ1v) is 6.82. The van der Waals surface area contributed by atoms with Crippen LogP contribution in [0.25, 0.3) is 10.9 Å². The minimum Gasteiger partial charge on any atom is -0.374 e. The Hall–Kier alpha value is -1.36. The van der Waals surface area contributed by atoms with Gasteiger partial charge in [-0.2, -0.15) is 0 Å². The van der Waals surface area contributed by atoms with Gasteiger partial charge in [-0.3, -0.25) is 4.90 Å². The van der Waals surface area contributed by atoms with Crippen LogP contribution >= 0.6 is 0 Å². The summed E-state index contributed by atoms with van der Waals surface area (Å²) in [5.41, 5.74) is 2.50. The van der Waals surface area contributed by atoms with Crippen LogP contribution in [0.2, 0.25) is 0 Å². The normalized spacial score (nSPS) is 21.9. The van der Waals surface area contributed by atoms with Gasteiger partial charge in [-0.05, 0) is 25.7 Å². The van der Waals surface area contributed by atoms with Gasteiger partial charge in [-0.15, -0.1) is 0 Å². The fourth-order valence-electron chi connectivity index (χ4n) is 2.94. The zero-order valence-corrected chi connectivity index (χ0v) is 11.5. The molecular formula is C15H21N3O. The summed E-state index contributed by atoms with van der Waals surface area (Å²) in [6.07, 6.45) is 2.32. The molecule has 19 heavy (non-hydrogen) atoms. The van der Waals surface area contributed by atoms with Gasteiger partial charge in [0.2, 0.25) is 0 Å². The average molecular weight is 259 g/mol. The molecule has 2 N–H and O–H groups in total. The summed E-state index contributed by atoms with van der Waals surface area (Å²) in [6, 6.07) is 8.71. The van der Waals surface area contributed by atoms with Gasteiger partial charge in [-0.1, -0.05) is 18.2 Å². The molecule has 2 unspecified atom stereocenters. The number of rotatable bonds is 3. The fraction of sp³-hybridized carbons (Fsp3) is 0.467. The lowest BCUT2D eigenvalue weighted by Crippen LogP contribution is -2.45. The number of ether oxygens (including phenoxy) is 1. The molecule has 1 aliphatic heterocycles. The Bertz CT molecular complexity index is 543. The SMILES string of the molecule is CN(C)C(c1c[nH]c2ccccc12)C1CNCCO1. The first-order valence-electron chi connectivity index (χ1n) is 6.82. The lowest BCUT2D eigenvalue weighted by Gasteiger charge is -2.35. The lowest BCUT2D eigenvalue weighted by molar-refractivity contribution is -0.0207. The van der Waals surface area contributed by atoms with Crippen molar-refractivity contribution in [3.63, 3.8) is 0 Å². The number of benzene rings is 1. The number of para-hydroxylation sites is 1. The van der Waals surface area contributed by atoms with Crippen molar-refractivity contribution in [2.24, 2.45) is 0 Å². The van der Waals surface area contributed by atoms with Gasteiger partial charge in [0, 0.05) is 30.2 Å². The third kappa shape index (κ3) is 2.39. The Kier molecular flexibility index (Phi) is 3.55. The Labute approximate surface area is 113 Å². The highest BCUT2D eigenvalue weighted by Crippen LogP contribution is 2.31. The molecule has 4 heteroatoms. The molecule has 1 aliphatic rings. The van der Waals surface area contributed by atoms with Crippen LogP contribution < -0.4 is 5.32 Å². The third-order valence-electron chi connectivity index (χ3n) is 3.80. The smallest absolute Gasteiger partial charge is 0.0897 e. The molecule has 4 nitrogen and oxygen atoms in total. The molecule has 0 saturated carbocycles. The summed E-state index contributed by atoms with van der Waals surface area (Å²) >= 11 is 0. The molecule has 0 bridgehead atoms. The maximum Gasteiger partial charge on any atom is 0.0897 e. The second-order valence-electron chi connectivity index (χ2n) is 5.31. The van der Waals surface area contributed by atoms with Crippen LogP contribution in [0.3, 0.4) is 0 Å². The minimum atomic E-state index is 0.197. The molecule has 1 saturated heterocycles. The summed E-state index contributed by atoms with van der Waals surface area (Å²) < 4.78 is 5.96.